The number of nitrogens with two attached hydrogens (primary N) is 2. The Bertz CT molecular complexity index is 6060. The Kier molecular flexibility index (Phi) is 29.1. The van der Waals surface area contributed by atoms with E-state index in [1.54, 1.807) is 78.1 Å². The first-order valence-electron chi connectivity index (χ1n) is 41.9. The van der Waals surface area contributed by atoms with Gasteiger partial charge in [0.1, 0.15) is 26.9 Å². The number of nitrogen functional groups attached to an aromatic ring is 1. The number of halogens is 4. The maximum Gasteiger partial charge on any atom is 0.334 e. The number of benzene rings is 6. The Labute approximate surface area is 772 Å². The van der Waals surface area contributed by atoms with Crippen molar-refractivity contribution in [1.29, 1.82) is 0 Å². The summed E-state index contributed by atoms with van der Waals surface area (Å²) < 4.78 is 7.50. The van der Waals surface area contributed by atoms with Gasteiger partial charge in [-0.1, -0.05) is 173 Å². The summed E-state index contributed by atoms with van der Waals surface area (Å²) in [5, 5.41) is 25.5. The van der Waals surface area contributed by atoms with Crippen LogP contribution in [0.1, 0.15) is 218 Å². The van der Waals surface area contributed by atoms with Crippen molar-refractivity contribution in [2.24, 2.45) is 61.2 Å². The van der Waals surface area contributed by atoms with E-state index in [4.69, 9.17) is 77.0 Å². The van der Waals surface area contributed by atoms with E-state index in [-0.39, 0.29) is 57.4 Å². The second-order valence-electron chi connectivity index (χ2n) is 34.2. The Morgan fingerprint density at radius 1 is 0.532 bits per heavy atom. The molecule has 5 fully saturated rings. The van der Waals surface area contributed by atoms with E-state index in [9.17, 15) is 33.6 Å². The fraction of sp³-hybridized carbons (Fsp3) is 0.354. The Hall–Kier alpha value is -9.92. The second-order valence-corrected chi connectivity index (χ2v) is 40.9. The van der Waals surface area contributed by atoms with E-state index >= 15 is 0 Å². The van der Waals surface area contributed by atoms with Gasteiger partial charge >= 0.3 is 11.9 Å². The fourth-order valence-electron chi connectivity index (χ4n) is 15.7. The van der Waals surface area contributed by atoms with Crippen LogP contribution in [0.2, 0.25) is 20.1 Å². The molecule has 126 heavy (non-hydrogen) atoms. The van der Waals surface area contributed by atoms with E-state index in [2.05, 4.69) is 86.5 Å². The van der Waals surface area contributed by atoms with Crippen LogP contribution in [0, 0.1) is 103 Å². The van der Waals surface area contributed by atoms with Gasteiger partial charge in [-0.05, 0) is 233 Å². The third-order valence-electron chi connectivity index (χ3n) is 25.4. The van der Waals surface area contributed by atoms with Crippen molar-refractivity contribution in [2.75, 3.05) is 17.7 Å². The zero-order chi connectivity index (χ0) is 91.7. The molecular weight excluding hydrogens is 1740 g/mol. The number of ketones is 3. The zero-order valence-electron chi connectivity index (χ0n) is 74.0. The van der Waals surface area contributed by atoms with Crippen LogP contribution in [0.15, 0.2) is 173 Å². The molecule has 0 bridgehead atoms. The number of hydrogen-bond donors (Lipinski definition) is 5. The van der Waals surface area contributed by atoms with Gasteiger partial charge in [0.2, 0.25) is 11.8 Å². The normalized spacial score (nSPS) is 22.4. The number of carbonyl (C=O) groups excluding carboxylic acids is 6. The number of amides is 2. The first-order valence-corrected chi connectivity index (χ1v) is 46.7. The number of aromatic nitrogens is 3. The summed E-state index contributed by atoms with van der Waals surface area (Å²) in [6.45, 7) is 36.2. The molecule has 6 aromatic carbocycles. The average Bonchev–Trinajstić information content (AvgIpc) is 1.53. The molecule has 658 valence electrons. The number of carboxylic acids is 1. The first-order chi connectivity index (χ1) is 59.6. The number of hydrazine groups is 1. The predicted molar refractivity (Wildman–Crippen MR) is 514 cm³/mol. The molecule has 7 heterocycles. The van der Waals surface area contributed by atoms with E-state index in [1.807, 2.05) is 165 Å². The largest absolute Gasteiger partial charge is 0.481 e. The van der Waals surface area contributed by atoms with Crippen molar-refractivity contribution >= 4 is 160 Å². The molecule has 0 unspecified atom stereocenters. The fourth-order valence-corrected chi connectivity index (χ4v) is 20.6. The van der Waals surface area contributed by atoms with Crippen LogP contribution in [-0.4, -0.2) is 95.8 Å². The Morgan fingerprint density at radius 3 is 1.36 bits per heavy atom. The molecule has 11 aromatic rings. The standard InChI is InChI=1S/C20H19ClN4S.C20H21NO2.C19H20ClNO2S.C19H18ClNOS.C13H12ClNOS.C6H10O2.C2H6N2O/c1-10-9-20(10)19-24-23-13(4)25(19)18-16(11(2)12(3)26-18)17(22-20)14-5-7-15(21)8-6-14;1-3-23-19(22)20(14-15(20)2)21-18(16-10-6-4-7-11-16)17-12-8-5-9-13-17;1-10-9-19(10,4)18(23)21-17-15(11(2)12(3)24-17)16(22)13-5-7-14(20)8-6-13;1-10-9-19(10)16(22)8-15-17(11(2)12(3)23-15)18(21-19)13-4-6-14(20)7-5-13;1-7-8(2)17-13(15)11(7)12(16)9-3-5-10(14)6-4-9;1-4-3-6(4,2)5(7)8;1-2(5)4-3/h5-8,10H,9H2,1-4H3;4-13,15H,3,14H2,1-2H3;5-8,10H,9H2,1-4H3,(H,21,23);4-7,10H,8-9H2,1-3H3;3-6H,15H2,1-2H3;4H,3H2,1-2H3,(H,7,8);3H2,1H3,(H,4,5)/t10-,20+;15-,20+;10-,19-;10-,19+;;4-,6-;/m0000.0./s1. The number of aryl methyl sites for hydroxylation is 5. The quantitative estimate of drug-likeness (QED) is 0.0169. The topological polar surface area (TPSA) is 293 Å². The number of anilines is 2. The van der Waals surface area contributed by atoms with Crippen molar-refractivity contribution in [2.45, 2.75) is 180 Å². The number of aliphatic imine (C=N–C) groups is 3. The first kappa shape index (κ1) is 95.2. The van der Waals surface area contributed by atoms with Crippen LogP contribution in [0.25, 0.3) is 5.00 Å². The minimum atomic E-state index is -0.725. The minimum absolute atomic E-state index is 0.00130. The monoisotopic (exact) mass is 1850 g/mol. The molecule has 2 spiro atoms. The second kappa shape index (κ2) is 38.6. The van der Waals surface area contributed by atoms with Gasteiger partial charge in [-0.3, -0.25) is 53.7 Å². The van der Waals surface area contributed by atoms with Crippen LogP contribution in [0.4, 0.5) is 10.0 Å². The van der Waals surface area contributed by atoms with Gasteiger partial charge in [0.15, 0.2) is 28.7 Å². The third-order valence-corrected chi connectivity index (χ3v) is 31.0. The van der Waals surface area contributed by atoms with Crippen molar-refractivity contribution < 1.29 is 43.4 Å². The van der Waals surface area contributed by atoms with Crippen molar-refractivity contribution in [3.63, 3.8) is 0 Å². The number of hydrogen-bond acceptors (Lipinski definition) is 19. The van der Waals surface area contributed by atoms with Gasteiger partial charge in [0.25, 0.3) is 0 Å². The molecule has 2 aliphatic heterocycles. The highest BCUT2D eigenvalue weighted by atomic mass is 35.5. The molecule has 2 amide bonds. The maximum absolute atomic E-state index is 12.9. The number of nitrogens with zero attached hydrogens (tertiary/aromatic N) is 6. The summed E-state index contributed by atoms with van der Waals surface area (Å²) in [5.41, 5.74) is 21.8. The number of esters is 1. The van der Waals surface area contributed by atoms with E-state index in [0.717, 1.165) is 114 Å². The van der Waals surface area contributed by atoms with Crippen LogP contribution in [0.3, 0.4) is 0 Å². The lowest BCUT2D eigenvalue weighted by Gasteiger charge is -2.15. The molecule has 5 saturated carbocycles. The average molecular weight is 1850 g/mol. The highest BCUT2D eigenvalue weighted by molar-refractivity contribution is 7.17. The number of carboxylic acid groups (broad SMARTS) is 1. The number of carbonyl (C=O) groups is 7. The summed E-state index contributed by atoms with van der Waals surface area (Å²) in [6.07, 6.45) is 4.88. The molecule has 5 aromatic heterocycles. The summed E-state index contributed by atoms with van der Waals surface area (Å²) in [4.78, 5) is 104. The Morgan fingerprint density at radius 2 is 0.944 bits per heavy atom. The number of fused-ring (bicyclic) bond motifs is 5. The molecule has 18 rings (SSSR count). The molecule has 10 atom stereocenters. The molecule has 7 aliphatic rings. The number of aliphatic carboxylic acids is 1. The number of thiophene rings is 4. The van der Waals surface area contributed by atoms with Gasteiger partial charge in [0, 0.05) is 108 Å². The van der Waals surface area contributed by atoms with Gasteiger partial charge in [0.05, 0.1) is 45.3 Å². The van der Waals surface area contributed by atoms with E-state index in [0.29, 0.717) is 84.0 Å². The molecule has 5 aliphatic carbocycles. The SMILES string of the molecule is CC(=O)NN.CCOC(=O)[C@@]1(N=C(c2ccccc2)c2ccccc2)C[C@@H]1C.C[C@H]1C[C@]1(C)C(=O)O.Cc1sc(N)c(C(=O)c2ccc(Cl)cc2)c1C.Cc1sc(NC(=O)[C@@]2(C)C[C@@H]2C)c(C(=O)c2ccc(Cl)cc2)c1C.Cc1sc2c(c1C)C(c1ccc(Cl)cc1)=N[C@@]1(C[C@@H]1C)C(=O)C2.Cc1sc2c(c1C)C(c1ccc(Cl)cc1)=N[C@@]1(C[C@@H]1C)c1nnc(C)n1-2. The molecule has 0 saturated heterocycles. The molecule has 19 nitrogen and oxygen atoms in total. The Balaban J connectivity index is 0.000000139. The number of ether oxygens (including phenoxy) is 1. The number of Topliss-reactive ketones (excluding diaryl/α,β-unsaturated/α-hetero) is 1. The predicted octanol–water partition coefficient (Wildman–Crippen LogP) is 22.8. The van der Waals surface area contributed by atoms with Gasteiger partial charge < -0.3 is 20.9 Å². The molecule has 27 heteroatoms. The van der Waals surface area contributed by atoms with Crippen LogP contribution in [-0.2, 0) is 40.7 Å². The smallest absolute Gasteiger partial charge is 0.334 e. The lowest BCUT2D eigenvalue weighted by Crippen LogP contribution is -2.27. The van der Waals surface area contributed by atoms with Crippen LogP contribution >= 0.6 is 91.8 Å². The van der Waals surface area contributed by atoms with Gasteiger partial charge in [-0.15, -0.1) is 55.5 Å². The summed E-state index contributed by atoms with van der Waals surface area (Å²) in [7, 11) is 0. The zero-order valence-corrected chi connectivity index (χ0v) is 80.3. The molecular formula is C99H106Cl4N10O9S4. The van der Waals surface area contributed by atoms with E-state index < -0.39 is 17.0 Å². The van der Waals surface area contributed by atoms with Crippen molar-refractivity contribution in [3.05, 3.63) is 292 Å². The third kappa shape index (κ3) is 20.0. The van der Waals surface area contributed by atoms with Crippen molar-refractivity contribution in [3.8, 4) is 5.00 Å². The van der Waals surface area contributed by atoms with Gasteiger partial charge in [-0.25, -0.2) is 10.6 Å². The highest BCUT2D eigenvalue weighted by Crippen LogP contribution is 2.59. The van der Waals surface area contributed by atoms with Crippen LogP contribution in [0.5, 0.6) is 0 Å². The van der Waals surface area contributed by atoms with Crippen molar-refractivity contribution in [1.82, 2.24) is 20.2 Å². The van der Waals surface area contributed by atoms with Gasteiger partial charge in [-0.2, -0.15) is 0 Å². The maximum atomic E-state index is 12.9. The summed E-state index contributed by atoms with van der Waals surface area (Å²) in [5.74, 6) is 7.34. The summed E-state index contributed by atoms with van der Waals surface area (Å²) >= 11 is 30.3. The lowest BCUT2D eigenvalue weighted by atomic mass is 9.98. The van der Waals surface area contributed by atoms with Crippen LogP contribution < -0.4 is 22.3 Å². The minimum Gasteiger partial charge on any atom is -0.481 e. The molecule has 7 N–H and O–H groups in total. The summed E-state index contributed by atoms with van der Waals surface area (Å²) in [6, 6.07) is 49.5. The highest BCUT2D eigenvalue weighted by Gasteiger charge is 2.61. The number of rotatable bonds is 14. The van der Waals surface area contributed by atoms with E-state index in [1.165, 1.54) is 66.6 Å². The molecule has 0 radical (unpaired) electrons. The lowest BCUT2D eigenvalue weighted by molar-refractivity contribution is -0.146. The number of nitrogens with one attached hydrogen (secondary N) is 2.